The summed E-state index contributed by atoms with van der Waals surface area (Å²) < 4.78 is 0. The Balaban J connectivity index is 1.52. The maximum Gasteiger partial charge on any atom is 0.289 e. The van der Waals surface area contributed by atoms with Gasteiger partial charge in [0, 0.05) is 24.7 Å². The molecule has 0 radical (unpaired) electrons. The van der Waals surface area contributed by atoms with E-state index in [0.29, 0.717) is 19.3 Å². The summed E-state index contributed by atoms with van der Waals surface area (Å²) >= 11 is 5.74. The van der Waals surface area contributed by atoms with Crippen molar-refractivity contribution in [2.24, 2.45) is 11.8 Å². The van der Waals surface area contributed by atoms with E-state index in [0.717, 1.165) is 0 Å². The number of hydrogen-bond donors (Lipinski definition) is 1. The molecule has 1 saturated heterocycles. The van der Waals surface area contributed by atoms with Crippen molar-refractivity contribution in [1.29, 1.82) is 0 Å². The third-order valence-corrected chi connectivity index (χ3v) is 5.13. The minimum atomic E-state index is -0.628. The number of carbonyl (C=O) groups is 3. The van der Waals surface area contributed by atoms with Gasteiger partial charge in [-0.1, -0.05) is 23.8 Å². The van der Waals surface area contributed by atoms with Crippen molar-refractivity contribution < 1.29 is 19.3 Å². The Morgan fingerprint density at radius 1 is 1.22 bits per heavy atom. The van der Waals surface area contributed by atoms with Crippen LogP contribution in [0, 0.1) is 22.0 Å². The summed E-state index contributed by atoms with van der Waals surface area (Å²) in [4.78, 5) is 48.2. The van der Waals surface area contributed by atoms with E-state index in [9.17, 15) is 24.5 Å². The number of nitro benzene ring substituents is 1. The van der Waals surface area contributed by atoms with Crippen LogP contribution in [0.2, 0.25) is 5.02 Å². The topological polar surface area (TPSA) is 110 Å². The van der Waals surface area contributed by atoms with Gasteiger partial charge in [0.15, 0.2) is 0 Å². The Hall–Kier alpha value is -2.74. The number of carbonyl (C=O) groups excluding carboxylic acids is 3. The van der Waals surface area contributed by atoms with Gasteiger partial charge in [-0.3, -0.25) is 29.4 Å². The molecule has 1 N–H and O–H groups in total. The van der Waals surface area contributed by atoms with E-state index >= 15 is 0 Å². The molecule has 0 saturated carbocycles. The Labute approximate surface area is 160 Å². The number of fused-ring (bicyclic) bond motifs is 1. The zero-order valence-corrected chi connectivity index (χ0v) is 15.1. The highest BCUT2D eigenvalue weighted by atomic mass is 35.5. The van der Waals surface area contributed by atoms with Gasteiger partial charge in [0.1, 0.15) is 5.02 Å². The number of nitrogens with one attached hydrogen (secondary N) is 1. The van der Waals surface area contributed by atoms with Crippen LogP contribution in [0.25, 0.3) is 0 Å². The van der Waals surface area contributed by atoms with Crippen molar-refractivity contribution in [3.63, 3.8) is 0 Å². The van der Waals surface area contributed by atoms with E-state index in [1.54, 1.807) is 0 Å². The van der Waals surface area contributed by atoms with E-state index in [1.165, 1.54) is 23.1 Å². The summed E-state index contributed by atoms with van der Waals surface area (Å²) in [6.45, 7) is 0.193. The lowest BCUT2D eigenvalue weighted by Gasteiger charge is -2.14. The number of rotatable bonds is 6. The smallest absolute Gasteiger partial charge is 0.289 e. The molecule has 1 aromatic rings. The van der Waals surface area contributed by atoms with Crippen molar-refractivity contribution in [1.82, 2.24) is 4.90 Å². The number of amides is 3. The molecule has 0 spiro atoms. The van der Waals surface area contributed by atoms with Crippen molar-refractivity contribution >= 4 is 40.7 Å². The highest BCUT2D eigenvalue weighted by Gasteiger charge is 2.46. The molecule has 142 valence electrons. The van der Waals surface area contributed by atoms with Gasteiger partial charge in [-0.2, -0.15) is 0 Å². The Morgan fingerprint density at radius 2 is 1.85 bits per heavy atom. The molecule has 1 aromatic carbocycles. The van der Waals surface area contributed by atoms with Crippen molar-refractivity contribution in [3.05, 3.63) is 45.5 Å². The van der Waals surface area contributed by atoms with E-state index in [2.05, 4.69) is 5.32 Å². The molecule has 0 unspecified atom stereocenters. The minimum absolute atomic E-state index is 0.0139. The number of benzene rings is 1. The van der Waals surface area contributed by atoms with Gasteiger partial charge in [0.05, 0.1) is 16.8 Å². The van der Waals surface area contributed by atoms with E-state index in [4.69, 9.17) is 11.6 Å². The number of nitro groups is 1. The van der Waals surface area contributed by atoms with Crippen LogP contribution in [-0.4, -0.2) is 34.1 Å². The largest absolute Gasteiger partial charge is 0.326 e. The Kier molecular flexibility index (Phi) is 5.55. The van der Waals surface area contributed by atoms with Gasteiger partial charge in [0.25, 0.3) is 5.69 Å². The molecule has 1 aliphatic heterocycles. The summed E-state index contributed by atoms with van der Waals surface area (Å²) in [5.74, 6) is -1.23. The highest BCUT2D eigenvalue weighted by Crippen LogP contribution is 2.35. The van der Waals surface area contributed by atoms with Crippen molar-refractivity contribution in [2.45, 2.75) is 25.7 Å². The van der Waals surface area contributed by atoms with Gasteiger partial charge in [-0.15, -0.1) is 0 Å². The predicted octanol–water partition coefficient (Wildman–Crippen LogP) is 2.92. The average molecular weight is 392 g/mol. The second-order valence-electron chi connectivity index (χ2n) is 6.56. The fourth-order valence-electron chi connectivity index (χ4n) is 3.44. The molecule has 1 heterocycles. The molecule has 27 heavy (non-hydrogen) atoms. The number of hydrogen-bond acceptors (Lipinski definition) is 5. The van der Waals surface area contributed by atoms with E-state index in [1.807, 2.05) is 12.2 Å². The van der Waals surface area contributed by atoms with Crippen LogP contribution >= 0.6 is 11.6 Å². The van der Waals surface area contributed by atoms with Crippen molar-refractivity contribution in [2.75, 3.05) is 11.9 Å². The number of nitrogens with zero attached hydrogens (tertiary/aromatic N) is 2. The first-order chi connectivity index (χ1) is 12.9. The zero-order chi connectivity index (χ0) is 19.6. The summed E-state index contributed by atoms with van der Waals surface area (Å²) in [6, 6.07) is 4.00. The van der Waals surface area contributed by atoms with Gasteiger partial charge in [0.2, 0.25) is 17.7 Å². The van der Waals surface area contributed by atoms with Crippen LogP contribution in [0.4, 0.5) is 11.4 Å². The summed E-state index contributed by atoms with van der Waals surface area (Å²) in [7, 11) is 0. The molecule has 1 fully saturated rings. The van der Waals surface area contributed by atoms with Crippen LogP contribution in [0.3, 0.4) is 0 Å². The first-order valence-corrected chi connectivity index (χ1v) is 9.00. The molecule has 1 aliphatic carbocycles. The Bertz CT molecular complexity index is 812. The predicted molar refractivity (Wildman–Crippen MR) is 98.0 cm³/mol. The van der Waals surface area contributed by atoms with Crippen LogP contribution in [0.5, 0.6) is 0 Å². The monoisotopic (exact) mass is 391 g/mol. The molecular weight excluding hydrogens is 374 g/mol. The van der Waals surface area contributed by atoms with Gasteiger partial charge in [-0.05, 0) is 31.4 Å². The molecule has 2 atom stereocenters. The average Bonchev–Trinajstić information content (AvgIpc) is 2.88. The minimum Gasteiger partial charge on any atom is -0.326 e. The fraction of sp³-hybridized carbons (Fsp3) is 0.389. The van der Waals surface area contributed by atoms with E-state index < -0.39 is 4.92 Å². The summed E-state index contributed by atoms with van der Waals surface area (Å²) in [5.41, 5.74) is -0.0274. The third-order valence-electron chi connectivity index (χ3n) is 4.81. The molecule has 0 aromatic heterocycles. The first-order valence-electron chi connectivity index (χ1n) is 8.62. The maximum atomic E-state index is 12.3. The molecule has 2 aliphatic rings. The zero-order valence-electron chi connectivity index (χ0n) is 14.4. The van der Waals surface area contributed by atoms with Gasteiger partial charge < -0.3 is 5.32 Å². The number of halogens is 1. The molecule has 3 amide bonds. The van der Waals surface area contributed by atoms with Crippen LogP contribution < -0.4 is 5.32 Å². The molecule has 0 bridgehead atoms. The Morgan fingerprint density at radius 3 is 2.44 bits per heavy atom. The SMILES string of the molecule is O=C(CCCN1C(=O)[C@H]2CC=CC[C@H]2C1=O)Nc1ccc(Cl)c([N+](=O)[O-])c1. The summed E-state index contributed by atoms with van der Waals surface area (Å²) in [5, 5.41) is 13.4. The fourth-order valence-corrected chi connectivity index (χ4v) is 3.63. The number of anilines is 1. The number of allylic oxidation sites excluding steroid dienone is 2. The second-order valence-corrected chi connectivity index (χ2v) is 6.97. The number of likely N-dealkylation sites (tertiary alicyclic amines) is 1. The standard InChI is InChI=1S/C18H18ClN3O5/c19-14-8-7-11(10-15(14)22(26)27)20-16(23)6-3-9-21-17(24)12-4-1-2-5-13(12)18(21)25/h1-2,7-8,10,12-13H,3-6,9H2,(H,20,23)/t12-,13+. The second kappa shape index (κ2) is 7.87. The number of imide groups is 1. The quantitative estimate of drug-likeness (QED) is 0.347. The molecule has 9 heteroatoms. The van der Waals surface area contributed by atoms with Crippen molar-refractivity contribution in [3.8, 4) is 0 Å². The first kappa shape index (κ1) is 19.0. The molecular formula is C18H18ClN3O5. The molecule has 8 nitrogen and oxygen atoms in total. The highest BCUT2D eigenvalue weighted by molar-refractivity contribution is 6.32. The van der Waals surface area contributed by atoms with Gasteiger partial charge >= 0.3 is 0 Å². The lowest BCUT2D eigenvalue weighted by molar-refractivity contribution is -0.384. The van der Waals surface area contributed by atoms with E-state index in [-0.39, 0.29) is 58.9 Å². The normalized spacial score (nSPS) is 21.3. The lowest BCUT2D eigenvalue weighted by Crippen LogP contribution is -2.32. The molecule has 3 rings (SSSR count). The van der Waals surface area contributed by atoms with Crippen LogP contribution in [0.15, 0.2) is 30.4 Å². The van der Waals surface area contributed by atoms with Crippen LogP contribution in [0.1, 0.15) is 25.7 Å². The third kappa shape index (κ3) is 4.00. The lowest BCUT2D eigenvalue weighted by atomic mass is 9.85. The van der Waals surface area contributed by atoms with Crippen LogP contribution in [-0.2, 0) is 14.4 Å². The maximum absolute atomic E-state index is 12.3. The summed E-state index contributed by atoms with van der Waals surface area (Å²) in [6.07, 6.45) is 5.43. The van der Waals surface area contributed by atoms with Gasteiger partial charge in [-0.25, -0.2) is 0 Å².